The number of benzene rings is 3. The van der Waals surface area contributed by atoms with E-state index in [9.17, 15) is 0 Å². The topological polar surface area (TPSA) is 3.24 Å². The van der Waals surface area contributed by atoms with E-state index >= 15 is 0 Å². The zero-order valence-electron chi connectivity index (χ0n) is 13.7. The fourth-order valence-electron chi connectivity index (χ4n) is 3.61. The zero-order chi connectivity index (χ0) is 15.9. The predicted molar refractivity (Wildman–Crippen MR) is 102 cm³/mol. The van der Waals surface area contributed by atoms with E-state index in [1.165, 1.54) is 27.6 Å². The minimum Gasteiger partial charge on any atom is -0.389 e. The van der Waals surface area contributed by atoms with Gasteiger partial charge in [-0.1, -0.05) is 72.8 Å². The van der Waals surface area contributed by atoms with Gasteiger partial charge in [0.25, 0.3) is 0 Å². The summed E-state index contributed by atoms with van der Waals surface area (Å²) in [5.41, 5.74) is 5.57. The van der Waals surface area contributed by atoms with Crippen molar-refractivity contribution in [2.75, 3.05) is 4.57 Å². The molecule has 1 aliphatic rings. The minimum absolute atomic E-state index is 1.00. The van der Waals surface area contributed by atoms with Crippen LogP contribution in [0.4, 0.5) is 5.69 Å². The number of rotatable bonds is 2. The van der Waals surface area contributed by atoms with Crippen LogP contribution in [-0.4, -0.2) is 8.24 Å². The molecule has 23 heavy (non-hydrogen) atoms. The smallest absolute Gasteiger partial charge is 0.182 e. The Balaban J connectivity index is 1.88. The van der Waals surface area contributed by atoms with Crippen molar-refractivity contribution in [1.29, 1.82) is 0 Å². The van der Waals surface area contributed by atoms with Gasteiger partial charge < -0.3 is 4.57 Å². The van der Waals surface area contributed by atoms with Gasteiger partial charge in [0.1, 0.15) is 0 Å². The molecule has 0 saturated carbocycles. The van der Waals surface area contributed by atoms with E-state index in [0.717, 1.165) is 6.54 Å². The van der Waals surface area contributed by atoms with Crippen LogP contribution in [0.5, 0.6) is 0 Å². The standard InChI is InChI=1S/C21H21NSi/c1-23(2,18-11-4-3-5-12-18)22-16-17-10-6-7-13-19(17)20-14-8-9-15-21(20)22/h3-15H,16H2,1-2H3. The third-order valence-corrected chi connectivity index (χ3v) is 8.48. The maximum absolute atomic E-state index is 2.67. The van der Waals surface area contributed by atoms with Crippen LogP contribution >= 0.6 is 0 Å². The van der Waals surface area contributed by atoms with Crippen LogP contribution in [-0.2, 0) is 6.54 Å². The summed E-state index contributed by atoms with van der Waals surface area (Å²) in [5.74, 6) is 0. The highest BCUT2D eigenvalue weighted by Gasteiger charge is 2.35. The summed E-state index contributed by atoms with van der Waals surface area (Å²) in [6.45, 7) is 5.90. The number of nitrogens with zero attached hydrogens (tertiary/aromatic N) is 1. The Labute approximate surface area is 139 Å². The predicted octanol–water partition coefficient (Wildman–Crippen LogP) is 4.79. The average molecular weight is 315 g/mol. The molecule has 1 nitrogen and oxygen atoms in total. The average Bonchev–Trinajstić information content (AvgIpc) is 2.62. The summed E-state index contributed by atoms with van der Waals surface area (Å²) >= 11 is 0. The Bertz CT molecular complexity index is 839. The Morgan fingerprint density at radius 2 is 1.30 bits per heavy atom. The van der Waals surface area contributed by atoms with Gasteiger partial charge in [-0.25, -0.2) is 0 Å². The molecule has 0 N–H and O–H groups in total. The van der Waals surface area contributed by atoms with E-state index in [0.29, 0.717) is 0 Å². The number of para-hydroxylation sites is 1. The summed E-state index contributed by atoms with van der Waals surface area (Å²) in [4.78, 5) is 0. The Kier molecular flexibility index (Phi) is 3.35. The van der Waals surface area contributed by atoms with Crippen LogP contribution in [0, 0.1) is 0 Å². The van der Waals surface area contributed by atoms with Gasteiger partial charge in [0, 0.05) is 17.8 Å². The van der Waals surface area contributed by atoms with Gasteiger partial charge in [-0.05, 0) is 35.5 Å². The summed E-state index contributed by atoms with van der Waals surface area (Å²) in [6, 6.07) is 28.7. The van der Waals surface area contributed by atoms with Gasteiger partial charge in [-0.3, -0.25) is 0 Å². The SMILES string of the molecule is C[Si](C)(c1ccccc1)N1Cc2ccccc2-c2ccccc21. The lowest BCUT2D eigenvalue weighted by molar-refractivity contribution is 0.993. The molecule has 0 spiro atoms. The van der Waals surface area contributed by atoms with Crippen molar-refractivity contribution >= 4 is 19.1 Å². The summed E-state index contributed by atoms with van der Waals surface area (Å²) < 4.78 is 2.67. The molecule has 0 atom stereocenters. The molecular weight excluding hydrogens is 294 g/mol. The molecule has 3 aromatic carbocycles. The van der Waals surface area contributed by atoms with Crippen LogP contribution in [0.1, 0.15) is 5.56 Å². The zero-order valence-corrected chi connectivity index (χ0v) is 14.7. The Morgan fingerprint density at radius 3 is 2.09 bits per heavy atom. The van der Waals surface area contributed by atoms with E-state index in [-0.39, 0.29) is 0 Å². The molecule has 0 aliphatic carbocycles. The molecule has 4 rings (SSSR count). The number of anilines is 1. The first-order chi connectivity index (χ1) is 11.2. The Morgan fingerprint density at radius 1 is 0.696 bits per heavy atom. The van der Waals surface area contributed by atoms with Crippen molar-refractivity contribution < 1.29 is 0 Å². The van der Waals surface area contributed by atoms with Crippen LogP contribution in [0.3, 0.4) is 0 Å². The molecule has 0 bridgehead atoms. The van der Waals surface area contributed by atoms with Crippen LogP contribution < -0.4 is 9.75 Å². The van der Waals surface area contributed by atoms with Gasteiger partial charge in [0.05, 0.1) is 0 Å². The second-order valence-corrected chi connectivity index (χ2v) is 10.9. The highest BCUT2D eigenvalue weighted by atomic mass is 28.3. The molecule has 0 radical (unpaired) electrons. The van der Waals surface area contributed by atoms with Crippen molar-refractivity contribution in [2.45, 2.75) is 19.6 Å². The number of fused-ring (bicyclic) bond motifs is 3. The molecule has 0 unspecified atom stereocenters. The van der Waals surface area contributed by atoms with E-state index in [4.69, 9.17) is 0 Å². The van der Waals surface area contributed by atoms with E-state index in [2.05, 4.69) is 96.5 Å². The quantitative estimate of drug-likeness (QED) is 0.615. The fraction of sp³-hybridized carbons (Fsp3) is 0.143. The summed E-state index contributed by atoms with van der Waals surface area (Å²) in [7, 11) is -1.76. The van der Waals surface area contributed by atoms with Crippen molar-refractivity contribution in [3.8, 4) is 11.1 Å². The van der Waals surface area contributed by atoms with Crippen molar-refractivity contribution in [2.24, 2.45) is 0 Å². The van der Waals surface area contributed by atoms with Crippen molar-refractivity contribution in [1.82, 2.24) is 0 Å². The largest absolute Gasteiger partial charge is 0.389 e. The molecular formula is C21H21NSi. The molecule has 0 amide bonds. The van der Waals surface area contributed by atoms with Gasteiger partial charge in [-0.15, -0.1) is 0 Å². The first-order valence-electron chi connectivity index (χ1n) is 8.18. The first-order valence-corrected chi connectivity index (χ1v) is 11.1. The monoisotopic (exact) mass is 315 g/mol. The first kappa shape index (κ1) is 14.3. The second-order valence-electron chi connectivity index (χ2n) is 6.69. The van der Waals surface area contributed by atoms with Crippen LogP contribution in [0.15, 0.2) is 78.9 Å². The maximum atomic E-state index is 2.67. The van der Waals surface area contributed by atoms with Gasteiger partial charge >= 0.3 is 0 Å². The maximum Gasteiger partial charge on any atom is 0.182 e. The van der Waals surface area contributed by atoms with E-state index in [1.807, 2.05) is 0 Å². The fourth-order valence-corrected chi connectivity index (χ4v) is 6.30. The number of hydrogen-bond acceptors (Lipinski definition) is 1. The summed E-state index contributed by atoms with van der Waals surface area (Å²) in [6.07, 6.45) is 0. The lowest BCUT2D eigenvalue weighted by Crippen LogP contribution is -2.58. The molecule has 3 aromatic rings. The van der Waals surface area contributed by atoms with Gasteiger partial charge in [0.2, 0.25) is 0 Å². The highest BCUT2D eigenvalue weighted by molar-refractivity contribution is 6.92. The lowest BCUT2D eigenvalue weighted by Gasteiger charge is -2.43. The second kappa shape index (κ2) is 5.39. The molecule has 2 heteroatoms. The molecule has 0 aromatic heterocycles. The third kappa shape index (κ3) is 2.30. The van der Waals surface area contributed by atoms with Crippen LogP contribution in [0.2, 0.25) is 13.1 Å². The molecule has 0 saturated heterocycles. The summed E-state index contributed by atoms with van der Waals surface area (Å²) in [5, 5.41) is 1.48. The van der Waals surface area contributed by atoms with Gasteiger partial charge in [0.15, 0.2) is 8.24 Å². The van der Waals surface area contributed by atoms with Crippen LogP contribution in [0.25, 0.3) is 11.1 Å². The van der Waals surface area contributed by atoms with E-state index < -0.39 is 8.24 Å². The highest BCUT2D eigenvalue weighted by Crippen LogP contribution is 2.40. The molecule has 1 aliphatic heterocycles. The molecule has 114 valence electrons. The Hall–Kier alpha value is -2.32. The molecule has 1 heterocycles. The number of hydrogen-bond donors (Lipinski definition) is 0. The normalized spacial score (nSPS) is 13.4. The van der Waals surface area contributed by atoms with Crippen molar-refractivity contribution in [3.05, 3.63) is 84.4 Å². The molecule has 0 fully saturated rings. The van der Waals surface area contributed by atoms with Crippen molar-refractivity contribution in [3.63, 3.8) is 0 Å². The third-order valence-electron chi connectivity index (χ3n) is 4.99. The minimum atomic E-state index is -1.76. The lowest BCUT2D eigenvalue weighted by atomic mass is 9.95. The van der Waals surface area contributed by atoms with Gasteiger partial charge in [-0.2, -0.15) is 0 Å². The van der Waals surface area contributed by atoms with E-state index in [1.54, 1.807) is 0 Å².